The molecule has 2 unspecified atom stereocenters. The Hall–Kier alpha value is -2.34. The minimum Gasteiger partial charge on any atom is -0.357 e. The molecule has 0 amide bonds. The molecule has 0 spiro atoms. The summed E-state index contributed by atoms with van der Waals surface area (Å²) < 4.78 is 1.96. The summed E-state index contributed by atoms with van der Waals surface area (Å²) in [6.45, 7) is 16.6. The summed E-state index contributed by atoms with van der Waals surface area (Å²) in [7, 11) is 2.00. The molecule has 2 aromatic rings. The summed E-state index contributed by atoms with van der Waals surface area (Å²) in [6.07, 6.45) is 0.919. The van der Waals surface area contributed by atoms with Gasteiger partial charge >= 0.3 is 0 Å². The van der Waals surface area contributed by atoms with E-state index in [4.69, 9.17) is 4.99 Å². The smallest absolute Gasteiger partial charge is 0.191 e. The van der Waals surface area contributed by atoms with Crippen LogP contribution in [0.15, 0.2) is 35.3 Å². The van der Waals surface area contributed by atoms with Crippen molar-refractivity contribution in [2.75, 3.05) is 13.1 Å². The van der Waals surface area contributed by atoms with Crippen molar-refractivity contribution < 1.29 is 0 Å². The van der Waals surface area contributed by atoms with E-state index in [1.54, 1.807) is 0 Å². The molecule has 0 aliphatic carbocycles. The van der Waals surface area contributed by atoms with Crippen LogP contribution in [0, 0.1) is 13.8 Å². The molecule has 6 heteroatoms. The summed E-state index contributed by atoms with van der Waals surface area (Å²) in [5.74, 6) is 0.853. The monoisotopic (exact) mass is 412 g/mol. The summed E-state index contributed by atoms with van der Waals surface area (Å²) in [5, 5.41) is 15.2. The van der Waals surface area contributed by atoms with Crippen molar-refractivity contribution in [3.63, 3.8) is 0 Å². The molecule has 1 aromatic carbocycles. The van der Waals surface area contributed by atoms with E-state index in [2.05, 4.69) is 99.8 Å². The van der Waals surface area contributed by atoms with Gasteiger partial charge in [-0.2, -0.15) is 5.10 Å². The lowest BCUT2D eigenvalue weighted by molar-refractivity contribution is 0.356. The van der Waals surface area contributed by atoms with Crippen molar-refractivity contribution >= 4 is 5.96 Å². The molecule has 2 rings (SSSR count). The van der Waals surface area contributed by atoms with Gasteiger partial charge in [-0.25, -0.2) is 0 Å². The van der Waals surface area contributed by atoms with Crippen LogP contribution in [0.5, 0.6) is 0 Å². The Bertz CT molecular complexity index is 822. The molecule has 30 heavy (non-hydrogen) atoms. The first-order valence-electron chi connectivity index (χ1n) is 11.0. The molecule has 0 saturated carbocycles. The molecule has 1 heterocycles. The molecule has 6 nitrogen and oxygen atoms in total. The van der Waals surface area contributed by atoms with Crippen molar-refractivity contribution in [3.05, 3.63) is 52.8 Å². The van der Waals surface area contributed by atoms with Gasteiger partial charge in [0, 0.05) is 36.9 Å². The number of hydrogen-bond donors (Lipinski definition) is 3. The number of aliphatic imine (C=N–C) groups is 1. The van der Waals surface area contributed by atoms with Crippen LogP contribution < -0.4 is 16.0 Å². The first-order valence-corrected chi connectivity index (χ1v) is 11.0. The number of benzene rings is 1. The third-order valence-corrected chi connectivity index (χ3v) is 5.44. The third-order valence-electron chi connectivity index (χ3n) is 5.44. The van der Waals surface area contributed by atoms with Crippen molar-refractivity contribution in [2.24, 2.45) is 12.0 Å². The number of rotatable bonds is 9. The van der Waals surface area contributed by atoms with Gasteiger partial charge in [-0.1, -0.05) is 30.3 Å². The van der Waals surface area contributed by atoms with E-state index in [0.717, 1.165) is 24.6 Å². The second-order valence-corrected chi connectivity index (χ2v) is 8.88. The minimum absolute atomic E-state index is 0.128. The lowest BCUT2D eigenvalue weighted by atomic mass is 10.0. The molecular weight excluding hydrogens is 372 g/mol. The highest BCUT2D eigenvalue weighted by atomic mass is 15.3. The van der Waals surface area contributed by atoms with Crippen LogP contribution in [0.3, 0.4) is 0 Å². The molecule has 0 radical (unpaired) electrons. The van der Waals surface area contributed by atoms with Crippen LogP contribution in [0.2, 0.25) is 0 Å². The van der Waals surface area contributed by atoms with Crippen LogP contribution in [0.4, 0.5) is 0 Å². The summed E-state index contributed by atoms with van der Waals surface area (Å²) in [5.41, 5.74) is 4.80. The molecule has 0 aliphatic heterocycles. The van der Waals surface area contributed by atoms with Crippen LogP contribution in [0.1, 0.15) is 63.2 Å². The number of guanidine groups is 1. The Morgan fingerprint density at radius 2 is 1.83 bits per heavy atom. The zero-order valence-corrected chi connectivity index (χ0v) is 20.0. The second kappa shape index (κ2) is 10.6. The van der Waals surface area contributed by atoms with Crippen molar-refractivity contribution in [1.29, 1.82) is 0 Å². The van der Waals surface area contributed by atoms with Crippen molar-refractivity contribution in [3.8, 4) is 0 Å². The molecular formula is C24H40N6. The molecule has 2 atom stereocenters. The lowest BCUT2D eigenvalue weighted by Crippen LogP contribution is -2.47. The average molecular weight is 413 g/mol. The molecule has 166 valence electrons. The maximum atomic E-state index is 4.87. The summed E-state index contributed by atoms with van der Waals surface area (Å²) in [6, 6.07) is 11.1. The SMILES string of the molecule is CCNC(=NCC(C)(C)NC(C)c1ccccc1)NC(C)Cc1c(C)nn(C)c1C. The van der Waals surface area contributed by atoms with E-state index < -0.39 is 0 Å². The Kier molecular flexibility index (Phi) is 8.47. The Morgan fingerprint density at radius 3 is 2.40 bits per heavy atom. The van der Waals surface area contributed by atoms with Gasteiger partial charge in [0.2, 0.25) is 0 Å². The van der Waals surface area contributed by atoms with Gasteiger partial charge in [-0.05, 0) is 66.0 Å². The van der Waals surface area contributed by atoms with Gasteiger partial charge in [0.1, 0.15) is 0 Å². The standard InChI is InChI=1S/C24H40N6/c1-9-25-23(27-17(2)15-22-19(4)29-30(8)20(22)5)26-16-24(6,7)28-18(3)21-13-11-10-12-14-21/h10-14,17-18,28H,9,15-16H2,1-8H3,(H2,25,26,27). The van der Waals surface area contributed by atoms with Crippen LogP contribution >= 0.6 is 0 Å². The van der Waals surface area contributed by atoms with E-state index in [1.165, 1.54) is 16.8 Å². The number of aryl methyl sites for hydroxylation is 2. The second-order valence-electron chi connectivity index (χ2n) is 8.88. The number of hydrogen-bond acceptors (Lipinski definition) is 3. The fraction of sp³-hybridized carbons (Fsp3) is 0.583. The summed E-state index contributed by atoms with van der Waals surface area (Å²) >= 11 is 0. The van der Waals surface area contributed by atoms with Gasteiger partial charge in [0.25, 0.3) is 0 Å². The fourth-order valence-electron chi connectivity index (χ4n) is 3.76. The topological polar surface area (TPSA) is 66.3 Å². The van der Waals surface area contributed by atoms with E-state index in [9.17, 15) is 0 Å². The summed E-state index contributed by atoms with van der Waals surface area (Å²) in [4.78, 5) is 4.87. The van der Waals surface area contributed by atoms with Crippen molar-refractivity contribution in [1.82, 2.24) is 25.7 Å². The maximum absolute atomic E-state index is 4.87. The first kappa shape index (κ1) is 23.9. The zero-order chi connectivity index (χ0) is 22.3. The minimum atomic E-state index is -0.128. The maximum Gasteiger partial charge on any atom is 0.191 e. The van der Waals surface area contributed by atoms with Crippen LogP contribution in [-0.4, -0.2) is 40.4 Å². The third kappa shape index (κ3) is 6.87. The molecule has 1 aromatic heterocycles. The molecule has 0 bridgehead atoms. The highest BCUT2D eigenvalue weighted by Crippen LogP contribution is 2.17. The van der Waals surface area contributed by atoms with E-state index in [0.29, 0.717) is 6.54 Å². The lowest BCUT2D eigenvalue weighted by Gasteiger charge is -2.29. The Morgan fingerprint density at radius 1 is 1.17 bits per heavy atom. The highest BCUT2D eigenvalue weighted by molar-refractivity contribution is 5.80. The predicted molar refractivity (Wildman–Crippen MR) is 127 cm³/mol. The van der Waals surface area contributed by atoms with Crippen LogP contribution in [-0.2, 0) is 13.5 Å². The van der Waals surface area contributed by atoms with Crippen molar-refractivity contribution in [2.45, 2.75) is 72.5 Å². The number of nitrogens with one attached hydrogen (secondary N) is 3. The molecule has 0 fully saturated rings. The Balaban J connectivity index is 2.00. The number of nitrogens with zero attached hydrogens (tertiary/aromatic N) is 3. The van der Waals surface area contributed by atoms with E-state index >= 15 is 0 Å². The number of aromatic nitrogens is 2. The van der Waals surface area contributed by atoms with Gasteiger partial charge in [0.15, 0.2) is 5.96 Å². The first-order chi connectivity index (χ1) is 14.1. The molecule has 3 N–H and O–H groups in total. The highest BCUT2D eigenvalue weighted by Gasteiger charge is 2.21. The quantitative estimate of drug-likeness (QED) is 0.434. The zero-order valence-electron chi connectivity index (χ0n) is 20.0. The van der Waals surface area contributed by atoms with E-state index in [1.807, 2.05) is 11.7 Å². The van der Waals surface area contributed by atoms with E-state index in [-0.39, 0.29) is 17.6 Å². The van der Waals surface area contributed by atoms with Crippen LogP contribution in [0.25, 0.3) is 0 Å². The largest absolute Gasteiger partial charge is 0.357 e. The fourth-order valence-corrected chi connectivity index (χ4v) is 3.76. The molecule has 0 aliphatic rings. The van der Waals surface area contributed by atoms with Gasteiger partial charge in [-0.15, -0.1) is 0 Å². The molecule has 0 saturated heterocycles. The van der Waals surface area contributed by atoms with Gasteiger partial charge in [0.05, 0.1) is 12.2 Å². The Labute approximate surface area is 182 Å². The van der Waals surface area contributed by atoms with Gasteiger partial charge < -0.3 is 16.0 Å². The normalized spacial score (nSPS) is 14.5. The van der Waals surface area contributed by atoms with Gasteiger partial charge in [-0.3, -0.25) is 9.67 Å². The predicted octanol–water partition coefficient (Wildman–Crippen LogP) is 3.65. The average Bonchev–Trinajstić information content (AvgIpc) is 2.93.